The molecule has 0 heterocycles. The Morgan fingerprint density at radius 3 is 2.54 bits per heavy atom. The molecule has 132 valence electrons. The summed E-state index contributed by atoms with van der Waals surface area (Å²) < 4.78 is 0. The highest BCUT2D eigenvalue weighted by Crippen LogP contribution is 2.33. The normalized spacial score (nSPS) is 10.5. The summed E-state index contributed by atoms with van der Waals surface area (Å²) in [6.07, 6.45) is 0. The first-order chi connectivity index (χ1) is 12.6. The van der Waals surface area contributed by atoms with Crippen LogP contribution in [0, 0.1) is 0 Å². The quantitative estimate of drug-likeness (QED) is 0.633. The zero-order chi connectivity index (χ0) is 18.5. The van der Waals surface area contributed by atoms with Gasteiger partial charge in [-0.2, -0.15) is 0 Å². The molecule has 0 saturated carbocycles. The van der Waals surface area contributed by atoms with E-state index in [1.165, 1.54) is 11.8 Å². The summed E-state index contributed by atoms with van der Waals surface area (Å²) in [7, 11) is 1.57. The van der Waals surface area contributed by atoms with E-state index < -0.39 is 0 Å². The molecule has 0 unspecified atom stereocenters. The fourth-order valence-electron chi connectivity index (χ4n) is 2.61. The average Bonchev–Trinajstić information content (AvgIpc) is 2.66. The molecule has 2 N–H and O–H groups in total. The smallest absolute Gasteiger partial charge is 0.251 e. The van der Waals surface area contributed by atoms with Crippen molar-refractivity contribution in [2.45, 2.75) is 4.90 Å². The van der Waals surface area contributed by atoms with Gasteiger partial charge < -0.3 is 10.6 Å². The molecule has 0 spiro atoms. The number of anilines is 1. The SMILES string of the molecule is CNC(=O)c1cccc(NC(=O)CSc2cccc3cccc(Cl)c23)c1. The van der Waals surface area contributed by atoms with E-state index in [-0.39, 0.29) is 17.6 Å². The van der Waals surface area contributed by atoms with Crippen molar-refractivity contribution in [1.82, 2.24) is 5.32 Å². The summed E-state index contributed by atoms with van der Waals surface area (Å²) >= 11 is 7.75. The number of hydrogen-bond donors (Lipinski definition) is 2. The van der Waals surface area contributed by atoms with E-state index in [4.69, 9.17) is 11.6 Å². The number of rotatable bonds is 5. The number of halogens is 1. The van der Waals surface area contributed by atoms with Crippen molar-refractivity contribution in [3.05, 3.63) is 71.2 Å². The highest BCUT2D eigenvalue weighted by atomic mass is 35.5. The number of thioether (sulfide) groups is 1. The number of fused-ring (bicyclic) bond motifs is 1. The second-order valence-corrected chi connectivity index (χ2v) is 7.02. The van der Waals surface area contributed by atoms with Crippen molar-refractivity contribution in [2.75, 3.05) is 18.1 Å². The van der Waals surface area contributed by atoms with E-state index in [9.17, 15) is 9.59 Å². The van der Waals surface area contributed by atoms with E-state index in [0.717, 1.165) is 15.7 Å². The fourth-order valence-corrected chi connectivity index (χ4v) is 3.85. The van der Waals surface area contributed by atoms with Crippen LogP contribution in [0.3, 0.4) is 0 Å². The molecular weight excluding hydrogens is 368 g/mol. The Morgan fingerprint density at radius 2 is 1.77 bits per heavy atom. The molecule has 0 bridgehead atoms. The lowest BCUT2D eigenvalue weighted by Gasteiger charge is -2.09. The number of carbonyl (C=O) groups is 2. The largest absolute Gasteiger partial charge is 0.355 e. The third kappa shape index (κ3) is 4.18. The van der Waals surface area contributed by atoms with Gasteiger partial charge in [0.15, 0.2) is 0 Å². The van der Waals surface area contributed by atoms with E-state index in [1.54, 1.807) is 31.3 Å². The monoisotopic (exact) mass is 384 g/mol. The van der Waals surface area contributed by atoms with Gasteiger partial charge in [-0.15, -0.1) is 11.8 Å². The Kier molecular flexibility index (Phi) is 5.81. The minimum absolute atomic E-state index is 0.145. The van der Waals surface area contributed by atoms with Gasteiger partial charge >= 0.3 is 0 Å². The maximum absolute atomic E-state index is 12.3. The van der Waals surface area contributed by atoms with Gasteiger partial charge in [0.05, 0.1) is 5.75 Å². The minimum atomic E-state index is -0.194. The Hall–Kier alpha value is -2.50. The number of nitrogens with one attached hydrogen (secondary N) is 2. The predicted octanol–water partition coefficient (Wildman–Crippen LogP) is 4.58. The summed E-state index contributed by atoms with van der Waals surface area (Å²) in [6, 6.07) is 18.5. The molecule has 0 aliphatic heterocycles. The van der Waals surface area contributed by atoms with Crippen molar-refractivity contribution in [1.29, 1.82) is 0 Å². The molecule has 3 rings (SSSR count). The summed E-state index contributed by atoms with van der Waals surface area (Å²) in [5.74, 6) is -0.0943. The summed E-state index contributed by atoms with van der Waals surface area (Å²) in [5.41, 5.74) is 1.09. The lowest BCUT2D eigenvalue weighted by atomic mass is 10.1. The van der Waals surface area contributed by atoms with Gasteiger partial charge in [0, 0.05) is 33.6 Å². The first kappa shape index (κ1) is 18.3. The molecular formula is C20H17ClN2O2S. The van der Waals surface area contributed by atoms with Gasteiger partial charge in [0.2, 0.25) is 5.91 Å². The van der Waals surface area contributed by atoms with E-state index in [2.05, 4.69) is 10.6 Å². The van der Waals surface area contributed by atoms with Gasteiger partial charge in [-0.1, -0.05) is 41.9 Å². The van der Waals surface area contributed by atoms with Crippen molar-refractivity contribution >= 4 is 51.6 Å². The van der Waals surface area contributed by atoms with Gasteiger partial charge in [-0.25, -0.2) is 0 Å². The van der Waals surface area contributed by atoms with E-state index in [0.29, 0.717) is 16.3 Å². The summed E-state index contributed by atoms with van der Waals surface area (Å²) in [5, 5.41) is 8.05. The lowest BCUT2D eigenvalue weighted by Crippen LogP contribution is -2.19. The molecule has 6 heteroatoms. The van der Waals surface area contributed by atoms with Crippen molar-refractivity contribution < 1.29 is 9.59 Å². The van der Waals surface area contributed by atoms with Crippen LogP contribution in [0.2, 0.25) is 5.02 Å². The topological polar surface area (TPSA) is 58.2 Å². The van der Waals surface area contributed by atoms with E-state index >= 15 is 0 Å². The van der Waals surface area contributed by atoms with Gasteiger partial charge in [-0.05, 0) is 35.7 Å². The maximum atomic E-state index is 12.3. The molecule has 0 aliphatic rings. The van der Waals surface area contributed by atoms with Gasteiger partial charge in [0.1, 0.15) is 0 Å². The second kappa shape index (κ2) is 8.25. The van der Waals surface area contributed by atoms with Crippen LogP contribution in [-0.4, -0.2) is 24.6 Å². The van der Waals surface area contributed by atoms with Crippen LogP contribution < -0.4 is 10.6 Å². The Balaban J connectivity index is 1.70. The third-order valence-corrected chi connectivity index (χ3v) is 5.18. The summed E-state index contributed by atoms with van der Waals surface area (Å²) in [6.45, 7) is 0. The second-order valence-electron chi connectivity index (χ2n) is 5.59. The van der Waals surface area contributed by atoms with E-state index in [1.807, 2.05) is 36.4 Å². The van der Waals surface area contributed by atoms with Crippen LogP contribution in [0.4, 0.5) is 5.69 Å². The van der Waals surface area contributed by atoms with Crippen LogP contribution in [0.15, 0.2) is 65.6 Å². The zero-order valence-electron chi connectivity index (χ0n) is 14.1. The molecule has 0 saturated heterocycles. The molecule has 3 aromatic carbocycles. The summed E-state index contributed by atoms with van der Waals surface area (Å²) in [4.78, 5) is 24.9. The fraction of sp³-hybridized carbons (Fsp3) is 0.100. The number of carbonyl (C=O) groups excluding carboxylic acids is 2. The van der Waals surface area contributed by atoms with Gasteiger partial charge in [-0.3, -0.25) is 9.59 Å². The average molecular weight is 385 g/mol. The Labute approximate surface area is 160 Å². The number of benzene rings is 3. The third-order valence-electron chi connectivity index (χ3n) is 3.81. The molecule has 0 fully saturated rings. The van der Waals surface area contributed by atoms with Crippen molar-refractivity contribution in [2.24, 2.45) is 0 Å². The zero-order valence-corrected chi connectivity index (χ0v) is 15.7. The molecule has 4 nitrogen and oxygen atoms in total. The molecule has 2 amide bonds. The molecule has 3 aromatic rings. The van der Waals surface area contributed by atoms with Crippen molar-refractivity contribution in [3.8, 4) is 0 Å². The lowest BCUT2D eigenvalue weighted by molar-refractivity contribution is -0.113. The van der Waals surface area contributed by atoms with Crippen LogP contribution in [0.25, 0.3) is 10.8 Å². The Morgan fingerprint density at radius 1 is 1.04 bits per heavy atom. The van der Waals surface area contributed by atoms with Crippen molar-refractivity contribution in [3.63, 3.8) is 0 Å². The van der Waals surface area contributed by atoms with Crippen LogP contribution in [0.5, 0.6) is 0 Å². The van der Waals surface area contributed by atoms with Crippen LogP contribution in [0.1, 0.15) is 10.4 Å². The number of amides is 2. The standard InChI is InChI=1S/C20H17ClN2O2S/c1-22-20(25)14-7-2-8-15(11-14)23-18(24)12-26-17-10-4-6-13-5-3-9-16(21)19(13)17/h2-11H,12H2,1H3,(H,22,25)(H,23,24). The molecule has 26 heavy (non-hydrogen) atoms. The van der Waals surface area contributed by atoms with Gasteiger partial charge in [0.25, 0.3) is 5.91 Å². The maximum Gasteiger partial charge on any atom is 0.251 e. The molecule has 0 aliphatic carbocycles. The number of hydrogen-bond acceptors (Lipinski definition) is 3. The van der Waals surface area contributed by atoms with Crippen LogP contribution in [-0.2, 0) is 4.79 Å². The van der Waals surface area contributed by atoms with Crippen LogP contribution >= 0.6 is 23.4 Å². The first-order valence-corrected chi connectivity index (χ1v) is 9.37. The first-order valence-electron chi connectivity index (χ1n) is 8.00. The highest BCUT2D eigenvalue weighted by molar-refractivity contribution is 8.00. The predicted molar refractivity (Wildman–Crippen MR) is 108 cm³/mol. The highest BCUT2D eigenvalue weighted by Gasteiger charge is 2.10. The minimum Gasteiger partial charge on any atom is -0.355 e. The Bertz CT molecular complexity index is 970. The molecule has 0 atom stereocenters. The molecule has 0 aromatic heterocycles. The molecule has 0 radical (unpaired) electrons.